The maximum atomic E-state index is 11.9. The summed E-state index contributed by atoms with van der Waals surface area (Å²) in [6.07, 6.45) is -1.40. The SMILES string of the molecule is O=C(CC[B-](F)(F)F)N1CCOCC1. The number of halogens is 3. The molecular weight excluding hydrogens is 198 g/mol. The Hall–Kier alpha value is -0.715. The van der Waals surface area contributed by atoms with Crippen LogP contribution in [0.4, 0.5) is 12.9 Å². The Labute approximate surface area is 80.3 Å². The van der Waals surface area contributed by atoms with Gasteiger partial charge in [-0.1, -0.05) is 6.32 Å². The minimum atomic E-state index is -4.84. The minimum Gasteiger partial charge on any atom is -0.449 e. The molecule has 0 unspecified atom stereocenters. The molecule has 1 aliphatic heterocycles. The normalized spacial score (nSPS) is 18.4. The summed E-state index contributed by atoms with van der Waals surface area (Å²) in [5.74, 6) is -0.424. The van der Waals surface area contributed by atoms with E-state index in [2.05, 4.69) is 0 Å². The van der Waals surface area contributed by atoms with Crippen LogP contribution in [-0.2, 0) is 9.53 Å². The third kappa shape index (κ3) is 4.00. The van der Waals surface area contributed by atoms with Gasteiger partial charge >= 0.3 is 6.98 Å². The number of ether oxygens (including phenoxy) is 1. The van der Waals surface area contributed by atoms with Gasteiger partial charge < -0.3 is 22.6 Å². The summed E-state index contributed by atoms with van der Waals surface area (Å²) < 4.78 is 40.5. The summed E-state index contributed by atoms with van der Waals surface area (Å²) in [4.78, 5) is 12.6. The summed E-state index contributed by atoms with van der Waals surface area (Å²) >= 11 is 0. The van der Waals surface area contributed by atoms with Crippen LogP contribution in [0.1, 0.15) is 6.42 Å². The molecule has 1 amide bonds. The summed E-state index contributed by atoms with van der Waals surface area (Å²) in [5.41, 5.74) is 0. The van der Waals surface area contributed by atoms with Crippen molar-refractivity contribution in [3.8, 4) is 0 Å². The largest absolute Gasteiger partial charge is 0.478 e. The number of rotatable bonds is 3. The minimum absolute atomic E-state index is 0.406. The van der Waals surface area contributed by atoms with Crippen molar-refractivity contribution in [3.05, 3.63) is 0 Å². The van der Waals surface area contributed by atoms with Gasteiger partial charge in [0, 0.05) is 19.5 Å². The lowest BCUT2D eigenvalue weighted by Gasteiger charge is -2.27. The van der Waals surface area contributed by atoms with Gasteiger partial charge in [-0.25, -0.2) is 0 Å². The Morgan fingerprint density at radius 2 is 1.86 bits per heavy atom. The Morgan fingerprint density at radius 1 is 1.29 bits per heavy atom. The first-order chi connectivity index (χ1) is 6.49. The number of hydrogen-bond acceptors (Lipinski definition) is 2. The molecular formula is C7H12BF3NO2-. The highest BCUT2D eigenvalue weighted by atomic mass is 19.4. The van der Waals surface area contributed by atoms with Crippen molar-refractivity contribution in [2.45, 2.75) is 12.7 Å². The summed E-state index contributed by atoms with van der Waals surface area (Å²) in [5, 5.41) is 0. The lowest BCUT2D eigenvalue weighted by atomic mass is 9.84. The average Bonchev–Trinajstić information content (AvgIpc) is 2.14. The van der Waals surface area contributed by atoms with E-state index in [0.717, 1.165) is 0 Å². The fraction of sp³-hybridized carbons (Fsp3) is 0.857. The highest BCUT2D eigenvalue weighted by Crippen LogP contribution is 2.17. The molecule has 0 aromatic carbocycles. The fourth-order valence-electron chi connectivity index (χ4n) is 1.26. The standard InChI is InChI=1S/C7H12BF3NO2/c9-8(10,11)2-1-7(13)12-3-5-14-6-4-12/h1-6H2/q-1. The van der Waals surface area contributed by atoms with Gasteiger partial charge in [-0.3, -0.25) is 4.79 Å². The van der Waals surface area contributed by atoms with Crippen LogP contribution in [0.2, 0.25) is 6.32 Å². The zero-order chi connectivity index (χ0) is 10.6. The zero-order valence-electron chi connectivity index (χ0n) is 7.72. The lowest BCUT2D eigenvalue weighted by molar-refractivity contribution is -0.134. The average molecular weight is 210 g/mol. The van der Waals surface area contributed by atoms with Crippen LogP contribution in [0, 0.1) is 0 Å². The van der Waals surface area contributed by atoms with Gasteiger partial charge in [-0.05, 0) is 0 Å². The Balaban J connectivity index is 2.27. The molecule has 3 nitrogen and oxygen atoms in total. The fourth-order valence-corrected chi connectivity index (χ4v) is 1.26. The summed E-state index contributed by atoms with van der Waals surface area (Å²) in [6, 6.07) is 0. The number of amides is 1. The maximum absolute atomic E-state index is 11.9. The number of morpholine rings is 1. The first kappa shape index (κ1) is 11.4. The molecule has 1 rings (SSSR count). The Kier molecular flexibility index (Phi) is 3.80. The van der Waals surface area contributed by atoms with Crippen molar-refractivity contribution in [1.82, 2.24) is 4.90 Å². The van der Waals surface area contributed by atoms with Crippen LogP contribution in [0.5, 0.6) is 0 Å². The van der Waals surface area contributed by atoms with E-state index in [1.165, 1.54) is 4.90 Å². The molecule has 0 aromatic heterocycles. The molecule has 0 bridgehead atoms. The Bertz CT molecular complexity index is 204. The molecule has 1 fully saturated rings. The van der Waals surface area contributed by atoms with Gasteiger partial charge in [-0.15, -0.1) is 0 Å². The van der Waals surface area contributed by atoms with Crippen molar-refractivity contribution >= 4 is 12.9 Å². The highest BCUT2D eigenvalue weighted by Gasteiger charge is 2.25. The Morgan fingerprint density at radius 3 is 2.36 bits per heavy atom. The van der Waals surface area contributed by atoms with Crippen molar-refractivity contribution in [3.63, 3.8) is 0 Å². The van der Waals surface area contributed by atoms with E-state index in [0.29, 0.717) is 26.3 Å². The quantitative estimate of drug-likeness (QED) is 0.652. The molecule has 0 saturated carbocycles. The van der Waals surface area contributed by atoms with E-state index in [-0.39, 0.29) is 0 Å². The number of hydrogen-bond donors (Lipinski definition) is 0. The predicted molar refractivity (Wildman–Crippen MR) is 45.9 cm³/mol. The molecule has 14 heavy (non-hydrogen) atoms. The van der Waals surface area contributed by atoms with E-state index in [1.807, 2.05) is 0 Å². The molecule has 0 radical (unpaired) electrons. The van der Waals surface area contributed by atoms with Crippen LogP contribution < -0.4 is 0 Å². The zero-order valence-corrected chi connectivity index (χ0v) is 7.72. The van der Waals surface area contributed by atoms with E-state index < -0.39 is 25.6 Å². The maximum Gasteiger partial charge on any atom is 0.478 e. The van der Waals surface area contributed by atoms with Gasteiger partial charge in [0.1, 0.15) is 0 Å². The molecule has 0 atom stereocenters. The number of carbonyl (C=O) groups is 1. The molecule has 0 N–H and O–H groups in total. The van der Waals surface area contributed by atoms with Gasteiger partial charge in [0.25, 0.3) is 0 Å². The van der Waals surface area contributed by atoms with E-state index >= 15 is 0 Å². The lowest BCUT2D eigenvalue weighted by Crippen LogP contribution is -2.41. The van der Waals surface area contributed by atoms with Crippen molar-refractivity contribution in [2.24, 2.45) is 0 Å². The molecule has 82 valence electrons. The third-order valence-corrected chi connectivity index (χ3v) is 2.05. The molecule has 1 saturated heterocycles. The second-order valence-electron chi connectivity index (χ2n) is 3.24. The van der Waals surface area contributed by atoms with Crippen LogP contribution in [-0.4, -0.2) is 44.1 Å². The predicted octanol–water partition coefficient (Wildman–Crippen LogP) is 1.08. The van der Waals surface area contributed by atoms with Crippen molar-refractivity contribution in [2.75, 3.05) is 26.3 Å². The molecule has 1 aliphatic rings. The van der Waals surface area contributed by atoms with Crippen molar-refractivity contribution in [1.29, 1.82) is 0 Å². The van der Waals surface area contributed by atoms with E-state index in [1.54, 1.807) is 0 Å². The van der Waals surface area contributed by atoms with Gasteiger partial charge in [0.2, 0.25) is 5.91 Å². The van der Waals surface area contributed by atoms with Gasteiger partial charge in [0.15, 0.2) is 0 Å². The summed E-state index contributed by atoms with van der Waals surface area (Å²) in [6.45, 7) is -3.19. The van der Waals surface area contributed by atoms with Crippen molar-refractivity contribution < 1.29 is 22.5 Å². The smallest absolute Gasteiger partial charge is 0.449 e. The van der Waals surface area contributed by atoms with Crippen LogP contribution in [0.3, 0.4) is 0 Å². The first-order valence-corrected chi connectivity index (χ1v) is 4.55. The first-order valence-electron chi connectivity index (χ1n) is 4.55. The second kappa shape index (κ2) is 4.68. The van der Waals surface area contributed by atoms with Gasteiger partial charge in [0.05, 0.1) is 13.2 Å². The molecule has 0 spiro atoms. The molecule has 0 aromatic rings. The molecule has 7 heteroatoms. The summed E-state index contributed by atoms with van der Waals surface area (Å²) in [7, 11) is 0. The second-order valence-corrected chi connectivity index (χ2v) is 3.24. The van der Waals surface area contributed by atoms with Gasteiger partial charge in [-0.2, -0.15) is 0 Å². The third-order valence-electron chi connectivity index (χ3n) is 2.05. The van der Waals surface area contributed by atoms with E-state index in [4.69, 9.17) is 4.74 Å². The number of nitrogens with zero attached hydrogens (tertiary/aromatic N) is 1. The van der Waals surface area contributed by atoms with E-state index in [9.17, 15) is 17.7 Å². The van der Waals surface area contributed by atoms with Crippen LogP contribution in [0.15, 0.2) is 0 Å². The molecule has 0 aliphatic carbocycles. The topological polar surface area (TPSA) is 29.5 Å². The van der Waals surface area contributed by atoms with Crippen LogP contribution >= 0.6 is 0 Å². The molecule has 1 heterocycles. The van der Waals surface area contributed by atoms with Crippen LogP contribution in [0.25, 0.3) is 0 Å². The highest BCUT2D eigenvalue weighted by molar-refractivity contribution is 6.58. The monoisotopic (exact) mass is 210 g/mol. The number of carbonyl (C=O) groups excluding carboxylic acids is 1.